The highest BCUT2D eigenvalue weighted by Crippen LogP contribution is 2.61. The van der Waals surface area contributed by atoms with Crippen molar-refractivity contribution in [3.63, 3.8) is 0 Å². The van der Waals surface area contributed by atoms with Crippen LogP contribution >= 0.6 is 11.6 Å². The minimum Gasteiger partial charge on any atom is -0.493 e. The summed E-state index contributed by atoms with van der Waals surface area (Å²) in [7, 11) is 1.68. The van der Waals surface area contributed by atoms with Crippen molar-refractivity contribution in [2.45, 2.75) is 71.6 Å². The molecule has 2 aromatic rings. The summed E-state index contributed by atoms with van der Waals surface area (Å²) in [5.41, 5.74) is 3.99. The first-order valence-electron chi connectivity index (χ1n) is 12.2. The van der Waals surface area contributed by atoms with E-state index < -0.39 is 0 Å². The van der Waals surface area contributed by atoms with E-state index >= 15 is 0 Å². The van der Waals surface area contributed by atoms with Crippen LogP contribution in [0.3, 0.4) is 0 Å². The van der Waals surface area contributed by atoms with Crippen LogP contribution in [0, 0.1) is 30.1 Å². The molecule has 1 N–H and O–H groups in total. The fourth-order valence-electron chi connectivity index (χ4n) is 7.17. The topological polar surface area (TPSA) is 30.5 Å². The van der Waals surface area contributed by atoms with E-state index in [4.69, 9.17) is 21.1 Å². The minimum atomic E-state index is 0.471. The highest BCUT2D eigenvalue weighted by atomic mass is 35.5. The molecule has 1 atom stereocenters. The molecular formula is C28H36ClNO2. The van der Waals surface area contributed by atoms with Gasteiger partial charge in [-0.1, -0.05) is 41.4 Å². The lowest BCUT2D eigenvalue weighted by atomic mass is 9.48. The summed E-state index contributed by atoms with van der Waals surface area (Å²) in [6.07, 6.45) is 8.73. The largest absolute Gasteiger partial charge is 0.493 e. The van der Waals surface area contributed by atoms with E-state index in [1.54, 1.807) is 7.11 Å². The zero-order chi connectivity index (χ0) is 22.3. The third-order valence-electron chi connectivity index (χ3n) is 8.37. The quantitative estimate of drug-likeness (QED) is 0.470. The van der Waals surface area contributed by atoms with Crippen LogP contribution in [0.25, 0.3) is 0 Å². The summed E-state index contributed by atoms with van der Waals surface area (Å²) in [5, 5.41) is 4.47. The van der Waals surface area contributed by atoms with Crippen LogP contribution in [-0.2, 0) is 13.2 Å². The predicted molar refractivity (Wildman–Crippen MR) is 130 cm³/mol. The van der Waals surface area contributed by atoms with Crippen molar-refractivity contribution in [2.24, 2.45) is 23.2 Å². The van der Waals surface area contributed by atoms with Gasteiger partial charge in [0.25, 0.3) is 0 Å². The van der Waals surface area contributed by atoms with Crippen molar-refractivity contribution in [3.8, 4) is 11.5 Å². The molecule has 0 amide bonds. The van der Waals surface area contributed by atoms with Gasteiger partial charge in [0.05, 0.1) is 12.1 Å². The van der Waals surface area contributed by atoms with Gasteiger partial charge in [-0.05, 0) is 98.8 Å². The normalized spacial score (nSPS) is 29.2. The van der Waals surface area contributed by atoms with E-state index in [2.05, 4.69) is 43.4 Å². The third-order valence-corrected chi connectivity index (χ3v) is 8.65. The Kier molecular flexibility index (Phi) is 6.15. The number of hydrogen-bond donors (Lipinski definition) is 1. The molecule has 0 spiro atoms. The smallest absolute Gasteiger partial charge is 0.180 e. The SMILES string of the molecule is COc1cc(CNC(C)C23CC4CC(CC(C4)C2)C3)cc(Cl)c1OCc1cccc(C)c1. The molecule has 6 rings (SSSR count). The van der Waals surface area contributed by atoms with E-state index in [0.717, 1.165) is 35.4 Å². The van der Waals surface area contributed by atoms with Gasteiger partial charge < -0.3 is 14.8 Å². The van der Waals surface area contributed by atoms with Crippen LogP contribution in [0.2, 0.25) is 5.02 Å². The number of rotatable bonds is 8. The molecule has 1 unspecified atom stereocenters. The summed E-state index contributed by atoms with van der Waals surface area (Å²) < 4.78 is 11.7. The highest BCUT2D eigenvalue weighted by molar-refractivity contribution is 6.32. The molecule has 0 radical (unpaired) electrons. The Morgan fingerprint density at radius 1 is 1.03 bits per heavy atom. The number of ether oxygens (including phenoxy) is 2. The van der Waals surface area contributed by atoms with Gasteiger partial charge in [-0.15, -0.1) is 0 Å². The van der Waals surface area contributed by atoms with Crippen molar-refractivity contribution < 1.29 is 9.47 Å². The second-order valence-electron chi connectivity index (χ2n) is 10.8. The Bertz CT molecular complexity index is 937. The van der Waals surface area contributed by atoms with Crippen molar-refractivity contribution >= 4 is 11.6 Å². The van der Waals surface area contributed by atoms with Gasteiger partial charge in [0, 0.05) is 12.6 Å². The first-order valence-corrected chi connectivity index (χ1v) is 12.6. The van der Waals surface area contributed by atoms with E-state index in [9.17, 15) is 0 Å². The van der Waals surface area contributed by atoms with Crippen LogP contribution in [-0.4, -0.2) is 13.2 Å². The van der Waals surface area contributed by atoms with Crippen molar-refractivity contribution in [1.29, 1.82) is 0 Å². The summed E-state index contributed by atoms with van der Waals surface area (Å²) in [6, 6.07) is 12.9. The third kappa shape index (κ3) is 4.39. The van der Waals surface area contributed by atoms with E-state index in [1.165, 1.54) is 44.1 Å². The highest BCUT2D eigenvalue weighted by Gasteiger charge is 2.52. The van der Waals surface area contributed by atoms with Crippen molar-refractivity contribution in [3.05, 3.63) is 58.1 Å². The summed E-state index contributed by atoms with van der Waals surface area (Å²) in [5.74, 6) is 4.25. The minimum absolute atomic E-state index is 0.471. The Balaban J connectivity index is 1.25. The fraction of sp³-hybridized carbons (Fsp3) is 0.571. The second-order valence-corrected chi connectivity index (χ2v) is 11.2. The predicted octanol–water partition coefficient (Wildman–Crippen LogP) is 6.93. The molecule has 172 valence electrons. The van der Waals surface area contributed by atoms with E-state index in [0.29, 0.717) is 34.6 Å². The molecule has 4 saturated carbocycles. The zero-order valence-electron chi connectivity index (χ0n) is 19.6. The number of methoxy groups -OCH3 is 1. The lowest BCUT2D eigenvalue weighted by molar-refractivity contribution is -0.0706. The van der Waals surface area contributed by atoms with Gasteiger partial charge in [-0.3, -0.25) is 0 Å². The Hall–Kier alpha value is -1.71. The fourth-order valence-corrected chi connectivity index (χ4v) is 7.46. The monoisotopic (exact) mass is 453 g/mol. The number of nitrogens with one attached hydrogen (secondary N) is 1. The first kappa shape index (κ1) is 22.1. The summed E-state index contributed by atoms with van der Waals surface area (Å²) >= 11 is 6.65. The maximum atomic E-state index is 6.65. The molecule has 0 aromatic heterocycles. The second kappa shape index (κ2) is 8.91. The Morgan fingerprint density at radius 3 is 2.34 bits per heavy atom. The van der Waals surface area contributed by atoms with Crippen LogP contribution < -0.4 is 14.8 Å². The number of benzene rings is 2. The molecule has 32 heavy (non-hydrogen) atoms. The van der Waals surface area contributed by atoms with Crippen molar-refractivity contribution in [1.82, 2.24) is 5.32 Å². The van der Waals surface area contributed by atoms with Crippen LogP contribution in [0.15, 0.2) is 36.4 Å². The van der Waals surface area contributed by atoms with Gasteiger partial charge in [0.1, 0.15) is 6.61 Å². The van der Waals surface area contributed by atoms with Gasteiger partial charge in [0.2, 0.25) is 0 Å². The standard InChI is InChI=1S/C28H36ClNO2/c1-18-5-4-6-20(7-18)17-32-27-25(29)11-24(12-26(27)31-3)16-30-19(2)28-13-21-8-22(14-28)10-23(9-21)15-28/h4-7,11-12,19,21-23,30H,8-10,13-17H2,1-3H3. The Morgan fingerprint density at radius 2 is 1.72 bits per heavy atom. The first-order chi connectivity index (χ1) is 15.4. The van der Waals surface area contributed by atoms with Crippen LogP contribution in [0.4, 0.5) is 0 Å². The molecule has 2 aromatic carbocycles. The van der Waals surface area contributed by atoms with Crippen molar-refractivity contribution in [2.75, 3.05) is 7.11 Å². The lowest BCUT2D eigenvalue weighted by Crippen LogP contribution is -2.54. The number of hydrogen-bond acceptors (Lipinski definition) is 3. The maximum Gasteiger partial charge on any atom is 0.180 e. The molecule has 0 aliphatic heterocycles. The summed E-state index contributed by atoms with van der Waals surface area (Å²) in [6.45, 7) is 5.77. The molecule has 4 bridgehead atoms. The average molecular weight is 454 g/mol. The van der Waals surface area contributed by atoms with Gasteiger partial charge in [-0.25, -0.2) is 0 Å². The van der Waals surface area contributed by atoms with E-state index in [-0.39, 0.29) is 0 Å². The number of aryl methyl sites for hydroxylation is 1. The molecule has 4 fully saturated rings. The molecule has 4 heteroatoms. The van der Waals surface area contributed by atoms with Gasteiger partial charge in [-0.2, -0.15) is 0 Å². The molecule has 3 nitrogen and oxygen atoms in total. The average Bonchev–Trinajstić information content (AvgIpc) is 2.75. The maximum absolute atomic E-state index is 6.65. The molecule has 0 saturated heterocycles. The van der Waals surface area contributed by atoms with E-state index in [1.807, 2.05) is 12.1 Å². The van der Waals surface area contributed by atoms with Gasteiger partial charge >= 0.3 is 0 Å². The van der Waals surface area contributed by atoms with Crippen LogP contribution in [0.5, 0.6) is 11.5 Å². The lowest BCUT2D eigenvalue weighted by Gasteiger charge is -2.59. The zero-order valence-corrected chi connectivity index (χ0v) is 20.4. The molecule has 0 heterocycles. The number of halogens is 1. The molecule has 4 aliphatic rings. The van der Waals surface area contributed by atoms with Crippen LogP contribution in [0.1, 0.15) is 62.1 Å². The van der Waals surface area contributed by atoms with Gasteiger partial charge in [0.15, 0.2) is 11.5 Å². The Labute approximate surface area is 197 Å². The summed E-state index contributed by atoms with van der Waals surface area (Å²) in [4.78, 5) is 0. The molecular weight excluding hydrogens is 418 g/mol. The molecule has 4 aliphatic carbocycles.